The normalized spacial score (nSPS) is 9.79. The van der Waals surface area contributed by atoms with Crippen LogP contribution in [0.5, 0.6) is 5.75 Å². The lowest BCUT2D eigenvalue weighted by Crippen LogP contribution is -1.80. The molecular weight excluding hydrogens is 256 g/mol. The van der Waals surface area contributed by atoms with Crippen LogP contribution in [0.3, 0.4) is 0 Å². The lowest BCUT2D eigenvalue weighted by Gasteiger charge is -1.96. The van der Waals surface area contributed by atoms with Crippen molar-refractivity contribution < 1.29 is 4.74 Å². The van der Waals surface area contributed by atoms with Gasteiger partial charge < -0.3 is 14.7 Å². The van der Waals surface area contributed by atoms with Gasteiger partial charge in [0.05, 0.1) is 18.1 Å². The third-order valence-corrected chi connectivity index (χ3v) is 2.87. The van der Waals surface area contributed by atoms with E-state index in [-0.39, 0.29) is 0 Å². The zero-order valence-electron chi connectivity index (χ0n) is 10.9. The molecule has 3 nitrogen and oxygen atoms in total. The summed E-state index contributed by atoms with van der Waals surface area (Å²) in [6, 6.07) is 16.0. The highest BCUT2D eigenvalue weighted by atomic mass is 32.1. The smallest absolute Gasteiger partial charge is 0.175 e. The van der Waals surface area contributed by atoms with Gasteiger partial charge in [-0.2, -0.15) is 0 Å². The topological polar surface area (TPSA) is 40.8 Å². The van der Waals surface area contributed by atoms with Crippen molar-refractivity contribution in [2.75, 3.05) is 7.11 Å². The van der Waals surface area contributed by atoms with Crippen molar-refractivity contribution in [1.82, 2.24) is 9.97 Å². The Kier molecular flexibility index (Phi) is 4.36. The molecular formula is C15H16N2OS. The van der Waals surface area contributed by atoms with E-state index in [1.807, 2.05) is 36.4 Å². The molecule has 0 bridgehead atoms. The van der Waals surface area contributed by atoms with Crippen LogP contribution in [-0.4, -0.2) is 17.1 Å². The molecule has 0 amide bonds. The molecule has 0 aliphatic rings. The van der Waals surface area contributed by atoms with E-state index in [2.05, 4.69) is 29.0 Å². The third kappa shape index (κ3) is 3.69. The molecule has 1 heterocycles. The molecule has 2 N–H and O–H groups in total. The number of aromatic nitrogens is 2. The van der Waals surface area contributed by atoms with Crippen molar-refractivity contribution in [2.45, 2.75) is 6.92 Å². The fourth-order valence-corrected chi connectivity index (χ4v) is 1.89. The Morgan fingerprint density at radius 1 is 0.947 bits per heavy atom. The third-order valence-electron chi connectivity index (χ3n) is 2.66. The number of benzene rings is 2. The van der Waals surface area contributed by atoms with E-state index in [4.69, 9.17) is 17.0 Å². The molecule has 19 heavy (non-hydrogen) atoms. The predicted molar refractivity (Wildman–Crippen MR) is 81.2 cm³/mol. The van der Waals surface area contributed by atoms with E-state index in [0.717, 1.165) is 16.8 Å². The van der Waals surface area contributed by atoms with Crippen molar-refractivity contribution in [3.05, 3.63) is 58.9 Å². The summed E-state index contributed by atoms with van der Waals surface area (Å²) in [5.41, 5.74) is 3.29. The van der Waals surface area contributed by atoms with Crippen LogP contribution < -0.4 is 4.74 Å². The van der Waals surface area contributed by atoms with Crippen molar-refractivity contribution in [2.24, 2.45) is 0 Å². The first-order valence-electron chi connectivity index (χ1n) is 5.97. The molecule has 98 valence electrons. The molecule has 0 aliphatic heterocycles. The molecule has 4 heteroatoms. The number of ether oxygens (including phenoxy) is 1. The molecule has 0 spiro atoms. The van der Waals surface area contributed by atoms with E-state index in [1.54, 1.807) is 7.11 Å². The fraction of sp³-hybridized carbons (Fsp3) is 0.133. The van der Waals surface area contributed by atoms with Gasteiger partial charge in [-0.05, 0) is 31.3 Å². The van der Waals surface area contributed by atoms with Gasteiger partial charge >= 0.3 is 0 Å². The molecule has 2 aromatic carbocycles. The van der Waals surface area contributed by atoms with Crippen LogP contribution in [0.15, 0.2) is 48.5 Å². The summed E-state index contributed by atoms with van der Waals surface area (Å²) in [5.74, 6) is 0.827. The summed E-state index contributed by atoms with van der Waals surface area (Å²) in [7, 11) is 1.64. The highest BCUT2D eigenvalue weighted by Gasteiger charge is 1.96. The molecule has 0 saturated carbocycles. The number of aromatic amines is 2. The SMILES string of the molecule is COc1ccc2[nH]c(=S)[nH]c2c1.Cc1ccccc1. The minimum Gasteiger partial charge on any atom is -0.497 e. The predicted octanol–water partition coefficient (Wildman–Crippen LogP) is 4.23. The first kappa shape index (κ1) is 13.4. The van der Waals surface area contributed by atoms with Crippen LogP contribution in [0.1, 0.15) is 5.56 Å². The van der Waals surface area contributed by atoms with Gasteiger partial charge in [0.15, 0.2) is 4.77 Å². The molecule has 0 unspecified atom stereocenters. The highest BCUT2D eigenvalue weighted by molar-refractivity contribution is 7.71. The Labute approximate surface area is 117 Å². The second-order valence-corrected chi connectivity index (χ2v) is 4.55. The highest BCUT2D eigenvalue weighted by Crippen LogP contribution is 2.17. The molecule has 1 aromatic heterocycles. The summed E-state index contributed by atoms with van der Waals surface area (Å²) in [4.78, 5) is 6.03. The summed E-state index contributed by atoms with van der Waals surface area (Å²) in [5, 5.41) is 0. The fourth-order valence-electron chi connectivity index (χ4n) is 1.67. The molecule has 0 radical (unpaired) electrons. The standard InChI is InChI=1S/C8H8N2OS.C7H8/c1-11-5-2-3-6-7(4-5)10-8(12)9-6;1-7-5-3-2-4-6-7/h2-4H,1H3,(H2,9,10,12);2-6H,1H3. The van der Waals surface area contributed by atoms with Crippen LogP contribution in [0.2, 0.25) is 0 Å². The number of hydrogen-bond acceptors (Lipinski definition) is 2. The number of fused-ring (bicyclic) bond motifs is 1. The van der Waals surface area contributed by atoms with Gasteiger partial charge in [-0.25, -0.2) is 0 Å². The van der Waals surface area contributed by atoms with Gasteiger partial charge in [-0.15, -0.1) is 0 Å². The Bertz CT molecular complexity index is 701. The zero-order chi connectivity index (χ0) is 13.7. The first-order valence-corrected chi connectivity index (χ1v) is 6.37. The maximum Gasteiger partial charge on any atom is 0.175 e. The van der Waals surface area contributed by atoms with Crippen LogP contribution in [0.4, 0.5) is 0 Å². The Morgan fingerprint density at radius 3 is 2.21 bits per heavy atom. The maximum absolute atomic E-state index is 5.06. The summed E-state index contributed by atoms with van der Waals surface area (Å²) < 4.78 is 5.70. The lowest BCUT2D eigenvalue weighted by atomic mass is 10.2. The number of imidazole rings is 1. The van der Waals surface area contributed by atoms with Crippen molar-refractivity contribution >= 4 is 23.3 Å². The second-order valence-electron chi connectivity index (χ2n) is 4.15. The summed E-state index contributed by atoms with van der Waals surface area (Å²) >= 11 is 4.94. The van der Waals surface area contributed by atoms with Crippen LogP contribution in [0.25, 0.3) is 11.0 Å². The number of nitrogens with one attached hydrogen (secondary N) is 2. The summed E-state index contributed by atoms with van der Waals surface area (Å²) in [6.45, 7) is 2.08. The molecule has 3 rings (SSSR count). The van der Waals surface area contributed by atoms with E-state index in [9.17, 15) is 0 Å². The van der Waals surface area contributed by atoms with E-state index < -0.39 is 0 Å². The van der Waals surface area contributed by atoms with Crippen molar-refractivity contribution in [3.8, 4) is 5.75 Å². The Hall–Kier alpha value is -2.07. The average Bonchev–Trinajstić information content (AvgIpc) is 2.79. The van der Waals surface area contributed by atoms with Gasteiger partial charge in [0, 0.05) is 6.07 Å². The molecule has 0 saturated heterocycles. The molecule has 3 aromatic rings. The monoisotopic (exact) mass is 272 g/mol. The minimum atomic E-state index is 0.637. The number of aryl methyl sites for hydroxylation is 1. The minimum absolute atomic E-state index is 0.637. The lowest BCUT2D eigenvalue weighted by molar-refractivity contribution is 0.415. The van der Waals surface area contributed by atoms with Gasteiger partial charge in [-0.1, -0.05) is 35.9 Å². The largest absolute Gasteiger partial charge is 0.497 e. The van der Waals surface area contributed by atoms with Crippen molar-refractivity contribution in [3.63, 3.8) is 0 Å². The Morgan fingerprint density at radius 2 is 1.63 bits per heavy atom. The van der Waals surface area contributed by atoms with Gasteiger partial charge in [0.2, 0.25) is 0 Å². The number of H-pyrrole nitrogens is 2. The second kappa shape index (κ2) is 6.20. The number of rotatable bonds is 1. The Balaban J connectivity index is 0.000000163. The van der Waals surface area contributed by atoms with Gasteiger partial charge in [0.25, 0.3) is 0 Å². The van der Waals surface area contributed by atoms with Crippen LogP contribution >= 0.6 is 12.2 Å². The van der Waals surface area contributed by atoms with Gasteiger partial charge in [-0.3, -0.25) is 0 Å². The average molecular weight is 272 g/mol. The molecule has 0 fully saturated rings. The van der Waals surface area contributed by atoms with Crippen molar-refractivity contribution in [1.29, 1.82) is 0 Å². The first-order chi connectivity index (χ1) is 9.19. The molecule has 0 atom stereocenters. The quantitative estimate of drug-likeness (QED) is 0.651. The van der Waals surface area contributed by atoms with Crippen LogP contribution in [-0.2, 0) is 0 Å². The number of hydrogen-bond donors (Lipinski definition) is 2. The zero-order valence-corrected chi connectivity index (χ0v) is 11.8. The van der Waals surface area contributed by atoms with E-state index in [0.29, 0.717) is 4.77 Å². The molecule has 0 aliphatic carbocycles. The summed E-state index contributed by atoms with van der Waals surface area (Å²) in [6.07, 6.45) is 0. The van der Waals surface area contributed by atoms with Crippen LogP contribution in [0, 0.1) is 11.7 Å². The van der Waals surface area contributed by atoms with E-state index >= 15 is 0 Å². The number of methoxy groups -OCH3 is 1. The van der Waals surface area contributed by atoms with E-state index in [1.165, 1.54) is 5.56 Å². The maximum atomic E-state index is 5.06. The van der Waals surface area contributed by atoms with Gasteiger partial charge in [0.1, 0.15) is 5.75 Å².